The van der Waals surface area contributed by atoms with Crippen molar-refractivity contribution >= 4 is 40.6 Å². The fraction of sp³-hybridized carbons (Fsp3) is 0.190. The third-order valence-corrected chi connectivity index (χ3v) is 6.07. The summed E-state index contributed by atoms with van der Waals surface area (Å²) in [6.07, 6.45) is 1.20. The summed E-state index contributed by atoms with van der Waals surface area (Å²) in [6, 6.07) is 15.7. The molecule has 1 aromatic heterocycles. The quantitative estimate of drug-likeness (QED) is 0.546. The Morgan fingerprint density at radius 1 is 1.14 bits per heavy atom. The van der Waals surface area contributed by atoms with Crippen molar-refractivity contribution in [3.8, 4) is 10.6 Å². The Morgan fingerprint density at radius 3 is 2.61 bits per heavy atom. The Balaban J connectivity index is 1.64. The molecule has 144 valence electrons. The van der Waals surface area contributed by atoms with Gasteiger partial charge in [0.1, 0.15) is 5.01 Å². The zero-order valence-electron chi connectivity index (χ0n) is 15.5. The van der Waals surface area contributed by atoms with E-state index in [1.54, 1.807) is 0 Å². The Kier molecular flexibility index (Phi) is 6.84. The summed E-state index contributed by atoms with van der Waals surface area (Å²) in [5.74, 6) is -0.377. The first-order valence-electron chi connectivity index (χ1n) is 8.89. The summed E-state index contributed by atoms with van der Waals surface area (Å²) in [6.45, 7) is 2.12. The van der Waals surface area contributed by atoms with Gasteiger partial charge in [0, 0.05) is 15.8 Å². The maximum absolute atomic E-state index is 12.5. The number of aryl methyl sites for hydroxylation is 1. The largest absolute Gasteiger partial charge is 0.369 e. The first kappa shape index (κ1) is 20.1. The molecule has 1 heterocycles. The molecular weight excluding hydrogens is 390 g/mol. The molecule has 2 amide bonds. The zero-order valence-corrected chi connectivity index (χ0v) is 17.1. The molecule has 0 fully saturated rings. The third kappa shape index (κ3) is 5.43. The van der Waals surface area contributed by atoms with Gasteiger partial charge < -0.3 is 11.1 Å². The average molecular weight is 412 g/mol. The lowest BCUT2D eigenvalue weighted by molar-refractivity contribution is -0.116. The number of primary amides is 1. The van der Waals surface area contributed by atoms with Crippen LogP contribution in [0.1, 0.15) is 18.2 Å². The summed E-state index contributed by atoms with van der Waals surface area (Å²) in [5, 5.41) is 5.72. The van der Waals surface area contributed by atoms with Gasteiger partial charge in [-0.25, -0.2) is 4.98 Å². The van der Waals surface area contributed by atoms with Gasteiger partial charge in [-0.3, -0.25) is 9.59 Å². The first-order valence-corrected chi connectivity index (χ1v) is 10.8. The highest BCUT2D eigenvalue weighted by Crippen LogP contribution is 2.27. The van der Waals surface area contributed by atoms with Crippen LogP contribution in [0.25, 0.3) is 10.6 Å². The second-order valence-electron chi connectivity index (χ2n) is 6.17. The fourth-order valence-corrected chi connectivity index (χ4v) is 4.18. The maximum Gasteiger partial charge on any atom is 0.230 e. The third-order valence-electron chi connectivity index (χ3n) is 4.03. The van der Waals surface area contributed by atoms with E-state index in [9.17, 15) is 9.59 Å². The molecule has 28 heavy (non-hydrogen) atoms. The van der Waals surface area contributed by atoms with E-state index in [1.807, 2.05) is 29.6 Å². The highest BCUT2D eigenvalue weighted by Gasteiger charge is 2.12. The van der Waals surface area contributed by atoms with Crippen molar-refractivity contribution in [2.45, 2.75) is 24.7 Å². The highest BCUT2D eigenvalue weighted by molar-refractivity contribution is 8.00. The molecule has 3 aromatic rings. The molecule has 0 radical (unpaired) electrons. The van der Waals surface area contributed by atoms with Crippen molar-refractivity contribution in [2.75, 3.05) is 11.1 Å². The number of thioether (sulfide) groups is 1. The van der Waals surface area contributed by atoms with Gasteiger partial charge >= 0.3 is 0 Å². The van der Waals surface area contributed by atoms with Gasteiger partial charge in [-0.15, -0.1) is 23.1 Å². The number of nitrogens with two attached hydrogens (primary N) is 1. The van der Waals surface area contributed by atoms with Crippen LogP contribution in [0.2, 0.25) is 0 Å². The van der Waals surface area contributed by atoms with Gasteiger partial charge in [0.2, 0.25) is 11.8 Å². The molecule has 0 saturated heterocycles. The molecule has 0 aliphatic carbocycles. The molecule has 0 saturated carbocycles. The van der Waals surface area contributed by atoms with Crippen LogP contribution < -0.4 is 11.1 Å². The lowest BCUT2D eigenvalue weighted by Gasteiger charge is -2.09. The number of nitrogens with one attached hydrogen (secondary N) is 1. The van der Waals surface area contributed by atoms with E-state index >= 15 is 0 Å². The van der Waals surface area contributed by atoms with Gasteiger partial charge in [-0.05, 0) is 24.1 Å². The SMILES string of the molecule is CCc1ccc(-c2nc(CC(=O)Nc3ccccc3SCC(N)=O)cs2)cc1. The number of hydrogen-bond acceptors (Lipinski definition) is 5. The number of benzene rings is 2. The molecule has 3 N–H and O–H groups in total. The summed E-state index contributed by atoms with van der Waals surface area (Å²) in [5.41, 5.74) is 8.95. The number of nitrogens with zero attached hydrogens (tertiary/aromatic N) is 1. The number of thiazole rings is 1. The minimum atomic E-state index is -0.395. The smallest absolute Gasteiger partial charge is 0.230 e. The van der Waals surface area contributed by atoms with E-state index < -0.39 is 5.91 Å². The van der Waals surface area contributed by atoms with E-state index in [-0.39, 0.29) is 18.1 Å². The molecule has 7 heteroatoms. The number of carbonyl (C=O) groups excluding carboxylic acids is 2. The van der Waals surface area contributed by atoms with Crippen molar-refractivity contribution in [3.05, 3.63) is 65.2 Å². The Labute approximate surface area is 172 Å². The monoisotopic (exact) mass is 411 g/mol. The van der Waals surface area contributed by atoms with Crippen LogP contribution in [0.5, 0.6) is 0 Å². The van der Waals surface area contributed by atoms with Crippen LogP contribution in [0.3, 0.4) is 0 Å². The predicted molar refractivity (Wildman–Crippen MR) is 116 cm³/mol. The molecule has 0 aliphatic heterocycles. The van der Waals surface area contributed by atoms with Crippen molar-refractivity contribution < 1.29 is 9.59 Å². The minimum absolute atomic E-state index is 0.148. The second kappa shape index (κ2) is 9.52. The maximum atomic E-state index is 12.5. The normalized spacial score (nSPS) is 10.6. The molecule has 3 rings (SSSR count). The topological polar surface area (TPSA) is 85.1 Å². The van der Waals surface area contributed by atoms with E-state index in [1.165, 1.54) is 28.7 Å². The molecule has 0 unspecified atom stereocenters. The molecule has 0 atom stereocenters. The number of carbonyl (C=O) groups is 2. The zero-order chi connectivity index (χ0) is 19.9. The van der Waals surface area contributed by atoms with Gasteiger partial charge in [0.25, 0.3) is 0 Å². The van der Waals surface area contributed by atoms with E-state index in [4.69, 9.17) is 5.73 Å². The molecule has 0 aliphatic rings. The van der Waals surface area contributed by atoms with Crippen LogP contribution in [-0.2, 0) is 22.4 Å². The number of amides is 2. The summed E-state index contributed by atoms with van der Waals surface area (Å²) in [4.78, 5) is 28.9. The van der Waals surface area contributed by atoms with Crippen LogP contribution >= 0.6 is 23.1 Å². The second-order valence-corrected chi connectivity index (χ2v) is 8.05. The Hall–Kier alpha value is -2.64. The number of para-hydroxylation sites is 1. The van der Waals surface area contributed by atoms with Gasteiger partial charge in [0.15, 0.2) is 0 Å². The fourth-order valence-electron chi connectivity index (χ4n) is 2.61. The van der Waals surface area contributed by atoms with Crippen LogP contribution in [0.4, 0.5) is 5.69 Å². The van der Waals surface area contributed by atoms with Crippen LogP contribution in [0.15, 0.2) is 58.8 Å². The molecular formula is C21H21N3O2S2. The average Bonchev–Trinajstić information content (AvgIpc) is 3.15. The van der Waals surface area contributed by atoms with Gasteiger partial charge in [-0.1, -0.05) is 43.3 Å². The van der Waals surface area contributed by atoms with E-state index in [0.29, 0.717) is 5.69 Å². The Morgan fingerprint density at radius 2 is 1.89 bits per heavy atom. The lowest BCUT2D eigenvalue weighted by atomic mass is 10.1. The standard InChI is InChI=1S/C21H21N3O2S2/c1-2-14-7-9-15(10-8-14)21-23-16(12-28-21)11-20(26)24-17-5-3-4-6-18(17)27-13-19(22)25/h3-10,12H,2,11,13H2,1H3,(H2,22,25)(H,24,26). The summed E-state index contributed by atoms with van der Waals surface area (Å²) < 4.78 is 0. The van der Waals surface area contributed by atoms with Gasteiger partial charge in [-0.2, -0.15) is 0 Å². The molecule has 0 bridgehead atoms. The van der Waals surface area contributed by atoms with E-state index in [0.717, 1.165) is 27.6 Å². The van der Waals surface area contributed by atoms with E-state index in [2.05, 4.69) is 41.5 Å². The highest BCUT2D eigenvalue weighted by atomic mass is 32.2. The number of aromatic nitrogens is 1. The van der Waals surface area contributed by atoms with Gasteiger partial charge in [0.05, 0.1) is 23.6 Å². The number of rotatable bonds is 8. The Bertz CT molecular complexity index is 968. The van der Waals surface area contributed by atoms with Crippen molar-refractivity contribution in [3.63, 3.8) is 0 Å². The summed E-state index contributed by atoms with van der Waals surface area (Å²) in [7, 11) is 0. The molecule has 0 spiro atoms. The van der Waals surface area contributed by atoms with Crippen LogP contribution in [0, 0.1) is 0 Å². The molecule has 5 nitrogen and oxygen atoms in total. The lowest BCUT2D eigenvalue weighted by Crippen LogP contribution is -2.16. The first-order chi connectivity index (χ1) is 13.5. The molecule has 2 aromatic carbocycles. The van der Waals surface area contributed by atoms with Crippen molar-refractivity contribution in [1.29, 1.82) is 0 Å². The number of hydrogen-bond donors (Lipinski definition) is 2. The predicted octanol–water partition coefficient (Wildman–Crippen LogP) is 4.13. The number of anilines is 1. The minimum Gasteiger partial charge on any atom is -0.369 e. The summed E-state index contributed by atoms with van der Waals surface area (Å²) >= 11 is 2.84. The van der Waals surface area contributed by atoms with Crippen molar-refractivity contribution in [2.24, 2.45) is 5.73 Å². The van der Waals surface area contributed by atoms with Crippen molar-refractivity contribution in [1.82, 2.24) is 4.98 Å². The van der Waals surface area contributed by atoms with Crippen LogP contribution in [-0.4, -0.2) is 22.6 Å².